The fourth-order valence-electron chi connectivity index (χ4n) is 1.42. The number of rotatable bonds is 2. The third-order valence-corrected chi connectivity index (χ3v) is 3.21. The number of alkyl halides is 1. The van der Waals surface area contributed by atoms with E-state index in [4.69, 9.17) is 0 Å². The van der Waals surface area contributed by atoms with Gasteiger partial charge in [-0.3, -0.25) is 4.39 Å². The van der Waals surface area contributed by atoms with E-state index < -0.39 is 0 Å². The summed E-state index contributed by atoms with van der Waals surface area (Å²) in [6, 6.07) is 6.38. The van der Waals surface area contributed by atoms with Gasteiger partial charge >= 0.3 is 0 Å². The van der Waals surface area contributed by atoms with Gasteiger partial charge in [0.1, 0.15) is 0 Å². The van der Waals surface area contributed by atoms with E-state index in [2.05, 4.69) is 61.6 Å². The second-order valence-electron chi connectivity index (χ2n) is 5.08. The molecule has 0 fully saturated rings. The molecule has 1 unspecified atom stereocenters. The van der Waals surface area contributed by atoms with E-state index in [0.29, 0.717) is 0 Å². The number of hydrogen-bond acceptors (Lipinski definition) is 0. The summed E-state index contributed by atoms with van der Waals surface area (Å²) in [7, 11) is 0. The Balaban J connectivity index is 3.17. The van der Waals surface area contributed by atoms with E-state index in [1.165, 1.54) is 9.13 Å². The van der Waals surface area contributed by atoms with Crippen LogP contribution in [-0.4, -0.2) is 6.67 Å². The molecule has 0 amide bonds. The van der Waals surface area contributed by atoms with Crippen molar-refractivity contribution in [2.45, 2.75) is 39.0 Å². The number of hydrogen-bond donors (Lipinski definition) is 0. The highest BCUT2D eigenvalue weighted by atomic mass is 127. The zero-order chi connectivity index (χ0) is 11.6. The maximum atomic E-state index is 12.6. The lowest BCUT2D eigenvalue weighted by molar-refractivity contribution is 0.446. The topological polar surface area (TPSA) is 0 Å². The van der Waals surface area contributed by atoms with Crippen LogP contribution < -0.4 is 0 Å². The average molecular weight is 320 g/mol. The van der Waals surface area contributed by atoms with Crippen molar-refractivity contribution in [1.82, 2.24) is 0 Å². The highest BCUT2D eigenvalue weighted by Gasteiger charge is 2.16. The minimum atomic E-state index is -0.288. The van der Waals surface area contributed by atoms with Crippen molar-refractivity contribution in [3.63, 3.8) is 0 Å². The highest BCUT2D eigenvalue weighted by molar-refractivity contribution is 14.1. The molecule has 0 aliphatic heterocycles. The van der Waals surface area contributed by atoms with Crippen LogP contribution in [0.3, 0.4) is 0 Å². The first-order chi connectivity index (χ1) is 6.84. The van der Waals surface area contributed by atoms with E-state index >= 15 is 0 Å². The Kier molecular flexibility index (Phi) is 4.15. The van der Waals surface area contributed by atoms with Crippen molar-refractivity contribution in [2.24, 2.45) is 0 Å². The quantitative estimate of drug-likeness (QED) is 0.695. The molecule has 1 atom stereocenters. The molecule has 0 spiro atoms. The second kappa shape index (κ2) is 4.81. The van der Waals surface area contributed by atoms with Crippen molar-refractivity contribution >= 4 is 22.6 Å². The van der Waals surface area contributed by atoms with Crippen molar-refractivity contribution in [3.05, 3.63) is 32.9 Å². The van der Waals surface area contributed by atoms with E-state index in [1.807, 2.05) is 6.92 Å². The van der Waals surface area contributed by atoms with Gasteiger partial charge in [-0.1, -0.05) is 33.8 Å². The van der Waals surface area contributed by atoms with Gasteiger partial charge in [-0.15, -0.1) is 0 Å². The van der Waals surface area contributed by atoms with Crippen molar-refractivity contribution in [1.29, 1.82) is 0 Å². The van der Waals surface area contributed by atoms with Crippen molar-refractivity contribution < 1.29 is 4.39 Å². The SMILES string of the molecule is CC(CF)c1cc(I)cc(C(C)(C)C)c1. The Morgan fingerprint density at radius 3 is 2.33 bits per heavy atom. The minimum Gasteiger partial charge on any atom is -0.250 e. The molecular weight excluding hydrogens is 302 g/mol. The molecule has 0 nitrogen and oxygen atoms in total. The fourth-order valence-corrected chi connectivity index (χ4v) is 2.11. The molecule has 0 aliphatic carbocycles. The van der Waals surface area contributed by atoms with Gasteiger partial charge in [-0.05, 0) is 51.3 Å². The van der Waals surface area contributed by atoms with E-state index in [9.17, 15) is 4.39 Å². The molecule has 0 aromatic heterocycles. The summed E-state index contributed by atoms with van der Waals surface area (Å²) in [4.78, 5) is 0. The molecule has 1 aromatic carbocycles. The maximum Gasteiger partial charge on any atom is 0.0960 e. The summed E-state index contributed by atoms with van der Waals surface area (Å²) in [6.07, 6.45) is 0. The molecule has 0 aliphatic rings. The molecule has 2 heteroatoms. The largest absolute Gasteiger partial charge is 0.250 e. The molecule has 0 radical (unpaired) electrons. The van der Waals surface area contributed by atoms with Gasteiger partial charge < -0.3 is 0 Å². The Labute approximate surface area is 105 Å². The highest BCUT2D eigenvalue weighted by Crippen LogP contribution is 2.28. The van der Waals surface area contributed by atoms with Crippen LogP contribution in [0.1, 0.15) is 44.7 Å². The molecule has 84 valence electrons. The van der Waals surface area contributed by atoms with E-state index in [0.717, 1.165) is 5.56 Å². The second-order valence-corrected chi connectivity index (χ2v) is 6.32. The Hall–Kier alpha value is -0.120. The third kappa shape index (κ3) is 3.44. The lowest BCUT2D eigenvalue weighted by Crippen LogP contribution is -2.12. The van der Waals surface area contributed by atoms with Crippen LogP contribution in [0.15, 0.2) is 18.2 Å². The van der Waals surface area contributed by atoms with Gasteiger partial charge in [0, 0.05) is 9.49 Å². The summed E-state index contributed by atoms with van der Waals surface area (Å²) < 4.78 is 13.8. The first kappa shape index (κ1) is 12.9. The van der Waals surface area contributed by atoms with Gasteiger partial charge in [0.05, 0.1) is 6.67 Å². The van der Waals surface area contributed by atoms with Crippen LogP contribution in [0.5, 0.6) is 0 Å². The lowest BCUT2D eigenvalue weighted by Gasteiger charge is -2.21. The fraction of sp³-hybridized carbons (Fsp3) is 0.538. The first-order valence-corrected chi connectivity index (χ1v) is 6.29. The van der Waals surface area contributed by atoms with Crippen LogP contribution >= 0.6 is 22.6 Å². The molecule has 0 saturated carbocycles. The molecule has 15 heavy (non-hydrogen) atoms. The molecule has 0 bridgehead atoms. The van der Waals surface area contributed by atoms with E-state index in [1.54, 1.807) is 0 Å². The molecule has 1 rings (SSSR count). The maximum absolute atomic E-state index is 12.6. The zero-order valence-electron chi connectivity index (χ0n) is 9.77. The summed E-state index contributed by atoms with van der Waals surface area (Å²) >= 11 is 2.30. The van der Waals surface area contributed by atoms with Crippen LogP contribution in [-0.2, 0) is 5.41 Å². The van der Waals surface area contributed by atoms with Crippen LogP contribution in [0.25, 0.3) is 0 Å². The normalized spacial score (nSPS) is 14.0. The monoisotopic (exact) mass is 320 g/mol. The number of halogens is 2. The molecular formula is C13H18FI. The van der Waals surface area contributed by atoms with Crippen LogP contribution in [0, 0.1) is 3.57 Å². The van der Waals surface area contributed by atoms with Gasteiger partial charge in [-0.2, -0.15) is 0 Å². The predicted molar refractivity (Wildman–Crippen MR) is 72.2 cm³/mol. The Morgan fingerprint density at radius 1 is 1.27 bits per heavy atom. The van der Waals surface area contributed by atoms with Gasteiger partial charge in [-0.25, -0.2) is 0 Å². The van der Waals surface area contributed by atoms with E-state index in [-0.39, 0.29) is 18.0 Å². The number of benzene rings is 1. The van der Waals surface area contributed by atoms with Crippen molar-refractivity contribution in [2.75, 3.05) is 6.67 Å². The average Bonchev–Trinajstić information content (AvgIpc) is 2.14. The van der Waals surface area contributed by atoms with Crippen LogP contribution in [0.2, 0.25) is 0 Å². The summed E-state index contributed by atoms with van der Waals surface area (Å²) in [5, 5.41) is 0. The summed E-state index contributed by atoms with van der Waals surface area (Å²) in [5.41, 5.74) is 2.52. The first-order valence-electron chi connectivity index (χ1n) is 5.21. The predicted octanol–water partition coefficient (Wildman–Crippen LogP) is 4.66. The van der Waals surface area contributed by atoms with Crippen LogP contribution in [0.4, 0.5) is 4.39 Å². The smallest absolute Gasteiger partial charge is 0.0960 e. The van der Waals surface area contributed by atoms with Gasteiger partial charge in [0.15, 0.2) is 0 Å². The molecule has 1 aromatic rings. The summed E-state index contributed by atoms with van der Waals surface area (Å²) in [5.74, 6) is 0.000756. The van der Waals surface area contributed by atoms with Crippen molar-refractivity contribution in [3.8, 4) is 0 Å². The molecule has 0 heterocycles. The van der Waals surface area contributed by atoms with Gasteiger partial charge in [0.2, 0.25) is 0 Å². The Morgan fingerprint density at radius 2 is 1.87 bits per heavy atom. The third-order valence-electron chi connectivity index (χ3n) is 2.59. The standard InChI is InChI=1S/C13H18FI/c1-9(8-14)10-5-11(13(2,3)4)7-12(15)6-10/h5-7,9H,8H2,1-4H3. The molecule has 0 saturated heterocycles. The summed E-state index contributed by atoms with van der Waals surface area (Å²) in [6.45, 7) is 8.19. The minimum absolute atomic E-state index is 0.000756. The molecule has 0 N–H and O–H groups in total. The zero-order valence-corrected chi connectivity index (χ0v) is 11.9. The Bertz CT molecular complexity index is 339. The lowest BCUT2D eigenvalue weighted by atomic mass is 9.85. The van der Waals surface area contributed by atoms with Gasteiger partial charge in [0.25, 0.3) is 0 Å².